The number of rotatable bonds is 4. The summed E-state index contributed by atoms with van der Waals surface area (Å²) in [5, 5.41) is 8.88. The lowest BCUT2D eigenvalue weighted by Gasteiger charge is -2.32. The van der Waals surface area contributed by atoms with Gasteiger partial charge >= 0.3 is 6.18 Å². The molecular formula is C22H18ClF5N4O. The van der Waals surface area contributed by atoms with Crippen molar-refractivity contribution in [2.45, 2.75) is 38.0 Å². The lowest BCUT2D eigenvalue weighted by atomic mass is 9.96. The highest BCUT2D eigenvalue weighted by Crippen LogP contribution is 2.40. The van der Waals surface area contributed by atoms with Crippen molar-refractivity contribution in [3.63, 3.8) is 0 Å². The number of alkyl halides is 5. The van der Waals surface area contributed by atoms with Gasteiger partial charge in [0.25, 0.3) is 12.3 Å². The van der Waals surface area contributed by atoms with Gasteiger partial charge in [-0.1, -0.05) is 41.4 Å². The highest BCUT2D eigenvalue weighted by molar-refractivity contribution is 6.31. The first-order valence-electron chi connectivity index (χ1n) is 9.91. The van der Waals surface area contributed by atoms with Gasteiger partial charge in [0.1, 0.15) is 17.4 Å². The van der Waals surface area contributed by atoms with Gasteiger partial charge in [-0.3, -0.25) is 4.79 Å². The number of benzene rings is 2. The van der Waals surface area contributed by atoms with Gasteiger partial charge in [0.2, 0.25) is 0 Å². The van der Waals surface area contributed by atoms with Gasteiger partial charge in [-0.15, -0.1) is 0 Å². The van der Waals surface area contributed by atoms with Gasteiger partial charge in [0, 0.05) is 5.69 Å². The minimum atomic E-state index is -4.71. The molecule has 2 atom stereocenters. The van der Waals surface area contributed by atoms with Crippen LogP contribution in [0.5, 0.6) is 0 Å². The molecule has 2 aromatic carbocycles. The van der Waals surface area contributed by atoms with Gasteiger partial charge < -0.3 is 10.6 Å². The standard InChI is InChI=1S/C22H18ClF5N4O/c1-11-2-4-12(5-3-11)17-9-18(19(24)25)32-20(31-17)14(10-29-32)21(33)30-13-6-7-16(23)15(8-13)22(26,27)28/h2-8,10,17-19,31H,9H2,1H3,(H,30,33)/t17-,18-/m1/s1. The predicted octanol–water partition coefficient (Wildman–Crippen LogP) is 6.48. The van der Waals surface area contributed by atoms with Crippen molar-refractivity contribution in [2.24, 2.45) is 0 Å². The number of hydrogen-bond acceptors (Lipinski definition) is 3. The van der Waals surface area contributed by atoms with E-state index in [4.69, 9.17) is 11.6 Å². The molecule has 1 aromatic heterocycles. The second-order valence-electron chi connectivity index (χ2n) is 7.74. The third-order valence-electron chi connectivity index (χ3n) is 5.44. The van der Waals surface area contributed by atoms with Crippen molar-refractivity contribution in [2.75, 3.05) is 10.6 Å². The van der Waals surface area contributed by atoms with E-state index in [1.807, 2.05) is 31.2 Å². The van der Waals surface area contributed by atoms with Crippen LogP contribution in [0.15, 0.2) is 48.7 Å². The normalized spacial score (nSPS) is 18.1. The molecule has 0 unspecified atom stereocenters. The maximum absolute atomic E-state index is 13.8. The lowest BCUT2D eigenvalue weighted by molar-refractivity contribution is -0.137. The van der Waals surface area contributed by atoms with Crippen LogP contribution in [-0.4, -0.2) is 22.1 Å². The van der Waals surface area contributed by atoms with Gasteiger partial charge in [-0.2, -0.15) is 18.3 Å². The first-order valence-corrected chi connectivity index (χ1v) is 10.3. The zero-order valence-corrected chi connectivity index (χ0v) is 17.9. The zero-order valence-electron chi connectivity index (χ0n) is 17.1. The van der Waals surface area contributed by atoms with E-state index in [1.54, 1.807) is 0 Å². The van der Waals surface area contributed by atoms with E-state index >= 15 is 0 Å². The number of nitrogens with one attached hydrogen (secondary N) is 2. The van der Waals surface area contributed by atoms with Crippen LogP contribution in [0, 0.1) is 6.92 Å². The molecule has 1 aliphatic heterocycles. The highest BCUT2D eigenvalue weighted by atomic mass is 35.5. The first-order chi connectivity index (χ1) is 15.5. The Morgan fingerprint density at radius 2 is 1.91 bits per heavy atom. The van der Waals surface area contributed by atoms with Crippen molar-refractivity contribution in [1.82, 2.24) is 9.78 Å². The number of halogens is 6. The Kier molecular flexibility index (Phi) is 6.04. The molecule has 0 bridgehead atoms. The van der Waals surface area contributed by atoms with E-state index in [2.05, 4.69) is 15.7 Å². The Morgan fingerprint density at radius 1 is 1.21 bits per heavy atom. The summed E-state index contributed by atoms with van der Waals surface area (Å²) in [6, 6.07) is 8.50. The third kappa shape index (κ3) is 4.66. The van der Waals surface area contributed by atoms with Crippen molar-refractivity contribution in [1.29, 1.82) is 0 Å². The Hall–Kier alpha value is -3.14. The molecule has 0 aliphatic carbocycles. The number of aromatic nitrogens is 2. The van der Waals surface area contributed by atoms with Crippen LogP contribution in [0.3, 0.4) is 0 Å². The van der Waals surface area contributed by atoms with E-state index in [9.17, 15) is 26.7 Å². The topological polar surface area (TPSA) is 59.0 Å². The third-order valence-corrected chi connectivity index (χ3v) is 5.77. The molecule has 1 amide bonds. The van der Waals surface area contributed by atoms with Gasteiger partial charge in [-0.25, -0.2) is 13.5 Å². The van der Waals surface area contributed by atoms with Crippen molar-refractivity contribution in [3.05, 3.63) is 75.9 Å². The first kappa shape index (κ1) is 23.0. The molecule has 0 radical (unpaired) electrons. The summed E-state index contributed by atoms with van der Waals surface area (Å²) in [5.74, 6) is -0.726. The SMILES string of the molecule is Cc1ccc([C@H]2C[C@H](C(F)F)n3ncc(C(=O)Nc4ccc(Cl)c(C(F)(F)F)c4)c3N2)cc1. The lowest BCUT2D eigenvalue weighted by Crippen LogP contribution is -2.31. The van der Waals surface area contributed by atoms with Gasteiger partial charge in [0.15, 0.2) is 0 Å². The highest BCUT2D eigenvalue weighted by Gasteiger charge is 2.37. The second kappa shape index (κ2) is 8.66. The van der Waals surface area contributed by atoms with Gasteiger partial charge in [-0.05, 0) is 37.1 Å². The predicted molar refractivity (Wildman–Crippen MR) is 114 cm³/mol. The summed E-state index contributed by atoms with van der Waals surface area (Å²) < 4.78 is 68.0. The molecule has 3 aromatic rings. The second-order valence-corrected chi connectivity index (χ2v) is 8.15. The quantitative estimate of drug-likeness (QED) is 0.417. The molecule has 2 heterocycles. The summed E-state index contributed by atoms with van der Waals surface area (Å²) in [5.41, 5.74) is 0.451. The monoisotopic (exact) mass is 484 g/mol. The average molecular weight is 485 g/mol. The van der Waals surface area contributed by atoms with Crippen LogP contribution in [0.4, 0.5) is 33.5 Å². The van der Waals surface area contributed by atoms with Crippen LogP contribution < -0.4 is 10.6 Å². The molecule has 0 spiro atoms. The molecule has 0 fully saturated rings. The fourth-order valence-corrected chi connectivity index (χ4v) is 3.96. The molecule has 0 saturated carbocycles. The van der Waals surface area contributed by atoms with Crippen molar-refractivity contribution < 1.29 is 26.7 Å². The summed E-state index contributed by atoms with van der Waals surface area (Å²) in [7, 11) is 0. The van der Waals surface area contributed by atoms with Crippen LogP contribution in [0.25, 0.3) is 0 Å². The van der Waals surface area contributed by atoms with Crippen molar-refractivity contribution >= 4 is 29.0 Å². The summed E-state index contributed by atoms with van der Waals surface area (Å²) in [4.78, 5) is 12.9. The smallest absolute Gasteiger partial charge is 0.363 e. The minimum Gasteiger partial charge on any atom is -0.363 e. The van der Waals surface area contributed by atoms with Crippen LogP contribution >= 0.6 is 11.6 Å². The fourth-order valence-electron chi connectivity index (χ4n) is 3.74. The molecule has 0 saturated heterocycles. The number of fused-ring (bicyclic) bond motifs is 1. The van der Waals surface area contributed by atoms with E-state index in [1.165, 1.54) is 6.07 Å². The molecule has 11 heteroatoms. The minimum absolute atomic E-state index is 0.0442. The summed E-state index contributed by atoms with van der Waals surface area (Å²) >= 11 is 5.61. The number of amides is 1. The Bertz CT molecular complexity index is 1180. The average Bonchev–Trinajstić information content (AvgIpc) is 3.18. The molecular weight excluding hydrogens is 467 g/mol. The molecule has 1 aliphatic rings. The summed E-state index contributed by atoms with van der Waals surface area (Å²) in [6.45, 7) is 1.90. The molecule has 33 heavy (non-hydrogen) atoms. The zero-order chi connectivity index (χ0) is 23.9. The molecule has 2 N–H and O–H groups in total. The molecule has 4 rings (SSSR count). The molecule has 174 valence electrons. The Balaban J connectivity index is 1.65. The number of aryl methyl sites for hydroxylation is 1. The maximum Gasteiger partial charge on any atom is 0.417 e. The number of carbonyl (C=O) groups excluding carboxylic acids is 1. The maximum atomic E-state index is 13.8. The van der Waals surface area contributed by atoms with Crippen LogP contribution in [0.1, 0.15) is 45.6 Å². The van der Waals surface area contributed by atoms with Crippen LogP contribution in [-0.2, 0) is 6.18 Å². The number of hydrogen-bond donors (Lipinski definition) is 2. The van der Waals surface area contributed by atoms with Gasteiger partial charge in [0.05, 0.1) is 22.8 Å². The van der Waals surface area contributed by atoms with E-state index in [0.717, 1.165) is 28.1 Å². The van der Waals surface area contributed by atoms with Crippen molar-refractivity contribution in [3.8, 4) is 0 Å². The fraction of sp³-hybridized carbons (Fsp3) is 0.273. The van der Waals surface area contributed by atoms with E-state index < -0.39 is 41.2 Å². The van der Waals surface area contributed by atoms with Crippen LogP contribution in [0.2, 0.25) is 5.02 Å². The molecule has 5 nitrogen and oxygen atoms in total. The Morgan fingerprint density at radius 3 is 2.55 bits per heavy atom. The Labute approximate surface area is 190 Å². The number of anilines is 2. The number of nitrogens with zero attached hydrogens (tertiary/aromatic N) is 2. The largest absolute Gasteiger partial charge is 0.417 e. The number of carbonyl (C=O) groups is 1. The summed E-state index contributed by atoms with van der Waals surface area (Å²) in [6.07, 6.45) is -6.28. The van der Waals surface area contributed by atoms with E-state index in [0.29, 0.717) is 6.07 Å². The van der Waals surface area contributed by atoms with E-state index in [-0.39, 0.29) is 23.5 Å².